The average Bonchev–Trinajstić information content (AvgIpc) is 3.29. The van der Waals surface area contributed by atoms with Gasteiger partial charge in [0.2, 0.25) is 0 Å². The normalized spacial score (nSPS) is 11.3. The number of benzene rings is 4. The quantitative estimate of drug-likeness (QED) is 0.130. The van der Waals surface area contributed by atoms with Gasteiger partial charge in [0.15, 0.2) is 0 Å². The second-order valence-electron chi connectivity index (χ2n) is 9.27. The van der Waals surface area contributed by atoms with E-state index in [1.165, 1.54) is 18.2 Å². The lowest BCUT2D eigenvalue weighted by atomic mass is 9.98. The van der Waals surface area contributed by atoms with Crippen LogP contribution in [0, 0.1) is 0 Å². The van der Waals surface area contributed by atoms with Crippen molar-refractivity contribution < 1.29 is 19.0 Å². The van der Waals surface area contributed by atoms with E-state index in [1.54, 1.807) is 37.6 Å². The van der Waals surface area contributed by atoms with Crippen LogP contribution >= 0.6 is 11.6 Å². The molecule has 0 fully saturated rings. The van der Waals surface area contributed by atoms with Gasteiger partial charge in [-0.2, -0.15) is 0 Å². The summed E-state index contributed by atoms with van der Waals surface area (Å²) in [6, 6.07) is 33.9. The van der Waals surface area contributed by atoms with Crippen molar-refractivity contribution in [2.75, 3.05) is 20.8 Å². The molecule has 0 bridgehead atoms. The smallest absolute Gasteiger partial charge is 0.337 e. The first-order chi connectivity index (χ1) is 19.6. The molecule has 202 valence electrons. The first-order valence-corrected chi connectivity index (χ1v) is 13.4. The van der Waals surface area contributed by atoms with Gasteiger partial charge < -0.3 is 18.8 Å². The van der Waals surface area contributed by atoms with Crippen LogP contribution in [0.25, 0.3) is 17.0 Å². The molecule has 5 aromatic rings. The number of nitrogens with zero attached hydrogens (tertiary/aromatic N) is 1. The van der Waals surface area contributed by atoms with Crippen molar-refractivity contribution in [3.05, 3.63) is 142 Å². The third-order valence-corrected chi connectivity index (χ3v) is 7.09. The Hall–Kier alpha value is -4.48. The molecule has 1 heterocycles. The maximum Gasteiger partial charge on any atom is 0.337 e. The monoisotopic (exact) mass is 551 g/mol. The highest BCUT2D eigenvalue weighted by atomic mass is 35.5. The van der Waals surface area contributed by atoms with Crippen molar-refractivity contribution >= 4 is 34.5 Å². The molecule has 0 atom stereocenters. The molecule has 5 nitrogen and oxygen atoms in total. The van der Waals surface area contributed by atoms with Crippen molar-refractivity contribution in [1.82, 2.24) is 4.57 Å². The summed E-state index contributed by atoms with van der Waals surface area (Å²) in [7, 11) is 3.01. The predicted octanol–water partition coefficient (Wildman–Crippen LogP) is 7.96. The van der Waals surface area contributed by atoms with Crippen LogP contribution in [0.3, 0.4) is 0 Å². The third-order valence-electron chi connectivity index (χ3n) is 6.86. The molecular formula is C34H30ClNO4. The topological polar surface area (TPSA) is 49.7 Å². The first-order valence-electron chi connectivity index (χ1n) is 13.0. The summed E-state index contributed by atoms with van der Waals surface area (Å²) in [6.07, 6.45) is 4.34. The molecule has 0 amide bonds. The zero-order valence-electron chi connectivity index (χ0n) is 22.4. The molecule has 0 aliphatic carbocycles. The highest BCUT2D eigenvalue weighted by Gasteiger charge is 2.24. The van der Waals surface area contributed by atoms with E-state index >= 15 is 0 Å². The molecule has 0 saturated heterocycles. The van der Waals surface area contributed by atoms with Gasteiger partial charge >= 0.3 is 5.97 Å². The van der Waals surface area contributed by atoms with Gasteiger partial charge in [-0.25, -0.2) is 4.79 Å². The lowest BCUT2D eigenvalue weighted by Gasteiger charge is -2.24. The Morgan fingerprint density at radius 3 is 2.12 bits per heavy atom. The van der Waals surface area contributed by atoms with Gasteiger partial charge in [0, 0.05) is 28.0 Å². The van der Waals surface area contributed by atoms with Crippen molar-refractivity contribution in [2.24, 2.45) is 0 Å². The largest absolute Gasteiger partial charge is 0.504 e. The number of hydrogen-bond donors (Lipinski definition) is 0. The molecule has 0 aliphatic rings. The summed E-state index contributed by atoms with van der Waals surface area (Å²) in [6.45, 7) is 0.429. The SMILES string of the molecule is CO/C=C/c1c(CCOc2ccc(C(=O)OC)cc2)c2cc(Cl)ccc2n1C(c1ccccc1)c1ccccc1. The zero-order valence-corrected chi connectivity index (χ0v) is 23.2. The molecule has 0 saturated carbocycles. The van der Waals surface area contributed by atoms with Gasteiger partial charge in [-0.05, 0) is 65.2 Å². The Morgan fingerprint density at radius 1 is 0.875 bits per heavy atom. The Labute approximate surface area is 239 Å². The molecule has 1 aromatic heterocycles. The van der Waals surface area contributed by atoms with E-state index < -0.39 is 0 Å². The first kappa shape index (κ1) is 27.1. The summed E-state index contributed by atoms with van der Waals surface area (Å²) in [5, 5.41) is 1.73. The Bertz CT molecular complexity index is 1570. The fourth-order valence-electron chi connectivity index (χ4n) is 5.06. The van der Waals surface area contributed by atoms with Crippen molar-refractivity contribution in [3.63, 3.8) is 0 Å². The summed E-state index contributed by atoms with van der Waals surface area (Å²) in [4.78, 5) is 11.8. The summed E-state index contributed by atoms with van der Waals surface area (Å²) >= 11 is 6.53. The minimum absolute atomic E-state index is 0.0804. The summed E-state index contributed by atoms with van der Waals surface area (Å²) in [5.74, 6) is 0.298. The van der Waals surface area contributed by atoms with E-state index in [4.69, 9.17) is 25.8 Å². The van der Waals surface area contributed by atoms with Gasteiger partial charge in [-0.3, -0.25) is 0 Å². The second-order valence-corrected chi connectivity index (χ2v) is 9.71. The number of halogens is 1. The van der Waals surface area contributed by atoms with Gasteiger partial charge in [0.05, 0.1) is 38.7 Å². The second kappa shape index (κ2) is 12.6. The number of aromatic nitrogens is 1. The van der Waals surface area contributed by atoms with Crippen molar-refractivity contribution in [2.45, 2.75) is 12.5 Å². The molecule has 0 N–H and O–H groups in total. The van der Waals surface area contributed by atoms with Crippen LogP contribution in [0.5, 0.6) is 5.75 Å². The molecular weight excluding hydrogens is 522 g/mol. The highest BCUT2D eigenvalue weighted by Crippen LogP contribution is 2.38. The fraction of sp³-hybridized carbons (Fsp3) is 0.147. The molecule has 6 heteroatoms. The minimum atomic E-state index is -0.378. The molecule has 5 rings (SSSR count). The van der Waals surface area contributed by atoms with Crippen LogP contribution in [-0.2, 0) is 15.9 Å². The number of ether oxygens (including phenoxy) is 3. The number of methoxy groups -OCH3 is 2. The van der Waals surface area contributed by atoms with E-state index in [0.717, 1.165) is 22.2 Å². The molecule has 40 heavy (non-hydrogen) atoms. The maximum atomic E-state index is 11.8. The molecule has 0 radical (unpaired) electrons. The van der Waals surface area contributed by atoms with Crippen LogP contribution in [-0.4, -0.2) is 31.4 Å². The number of hydrogen-bond acceptors (Lipinski definition) is 4. The van der Waals surface area contributed by atoms with Crippen LogP contribution < -0.4 is 4.74 Å². The average molecular weight is 552 g/mol. The third kappa shape index (κ3) is 5.75. The van der Waals surface area contributed by atoms with E-state index in [1.807, 2.05) is 30.3 Å². The van der Waals surface area contributed by atoms with E-state index in [0.29, 0.717) is 29.4 Å². The molecule has 0 spiro atoms. The standard InChI is InChI=1S/C34H30ClNO4/c1-38-21-20-32-29(19-22-40-28-16-13-26(14-17-28)34(37)39-2)30-23-27(35)15-18-31(30)36(32)33(24-9-5-3-6-10-24)25-11-7-4-8-12-25/h3-18,20-21,23,33H,19,22H2,1-2H3/b21-20+. The van der Waals surface area contributed by atoms with Crippen LogP contribution in [0.1, 0.15) is 38.8 Å². The predicted molar refractivity (Wildman–Crippen MR) is 160 cm³/mol. The van der Waals surface area contributed by atoms with Crippen molar-refractivity contribution in [3.8, 4) is 5.75 Å². The Kier molecular flexibility index (Phi) is 8.53. The van der Waals surface area contributed by atoms with Gasteiger partial charge in [0.1, 0.15) is 5.75 Å². The Balaban J connectivity index is 1.59. The maximum absolute atomic E-state index is 11.8. The fourth-order valence-corrected chi connectivity index (χ4v) is 5.24. The summed E-state index contributed by atoms with van der Waals surface area (Å²) in [5.41, 5.74) is 6.00. The van der Waals surface area contributed by atoms with Crippen LogP contribution in [0.2, 0.25) is 5.02 Å². The molecule has 0 unspecified atom stereocenters. The number of esters is 1. The van der Waals surface area contributed by atoms with E-state index in [-0.39, 0.29) is 12.0 Å². The summed E-state index contributed by atoms with van der Waals surface area (Å²) < 4.78 is 18.6. The van der Waals surface area contributed by atoms with Crippen LogP contribution in [0.15, 0.2) is 109 Å². The Morgan fingerprint density at radius 2 is 1.52 bits per heavy atom. The number of carbonyl (C=O) groups is 1. The van der Waals surface area contributed by atoms with Gasteiger partial charge in [-0.1, -0.05) is 72.3 Å². The number of fused-ring (bicyclic) bond motifs is 1. The lowest BCUT2D eigenvalue weighted by molar-refractivity contribution is 0.0600. The van der Waals surface area contributed by atoms with Crippen LogP contribution in [0.4, 0.5) is 0 Å². The zero-order chi connectivity index (χ0) is 27.9. The van der Waals surface area contributed by atoms with E-state index in [2.05, 4.69) is 59.2 Å². The molecule has 0 aliphatic heterocycles. The molecule has 4 aromatic carbocycles. The highest BCUT2D eigenvalue weighted by molar-refractivity contribution is 6.31. The number of rotatable bonds is 10. The van der Waals surface area contributed by atoms with E-state index in [9.17, 15) is 4.79 Å². The minimum Gasteiger partial charge on any atom is -0.504 e. The lowest BCUT2D eigenvalue weighted by Crippen LogP contribution is -2.14. The number of carbonyl (C=O) groups excluding carboxylic acids is 1. The van der Waals surface area contributed by atoms with Gasteiger partial charge in [0.25, 0.3) is 0 Å². The van der Waals surface area contributed by atoms with Crippen molar-refractivity contribution in [1.29, 1.82) is 0 Å². The van der Waals surface area contributed by atoms with Gasteiger partial charge in [-0.15, -0.1) is 0 Å².